The van der Waals surface area contributed by atoms with Gasteiger partial charge in [0.05, 0.1) is 6.10 Å². The van der Waals surface area contributed by atoms with Crippen LogP contribution < -0.4 is 16.0 Å². The summed E-state index contributed by atoms with van der Waals surface area (Å²) in [7, 11) is -3.52. The first kappa shape index (κ1) is 15.2. The zero-order valence-corrected chi connectivity index (χ0v) is 12.0. The summed E-state index contributed by atoms with van der Waals surface area (Å²) >= 11 is 0. The first-order valence-electron chi connectivity index (χ1n) is 6.66. The van der Waals surface area contributed by atoms with Gasteiger partial charge in [-0.2, -0.15) is 0 Å². The van der Waals surface area contributed by atoms with Gasteiger partial charge in [0.2, 0.25) is 10.0 Å². The molecule has 4 N–H and O–H groups in total. The standard InChI is InChI=1S/C12H20N4O3S/c13-16-12-5-4-11(9-14-12)20(17,18)15-7-6-10-3-1-2-8-19-10/h4-5,9-10,15H,1-3,6-8,13H2,(H,14,16). The lowest BCUT2D eigenvalue weighted by molar-refractivity contribution is 0.0123. The lowest BCUT2D eigenvalue weighted by atomic mass is 10.1. The number of hydrogen-bond acceptors (Lipinski definition) is 6. The molecule has 0 aromatic carbocycles. The number of nitrogens with two attached hydrogens (primary N) is 1. The zero-order valence-electron chi connectivity index (χ0n) is 11.2. The number of sulfonamides is 1. The molecular formula is C12H20N4O3S. The van der Waals surface area contributed by atoms with E-state index in [0.29, 0.717) is 18.8 Å². The Balaban J connectivity index is 1.86. The van der Waals surface area contributed by atoms with Gasteiger partial charge in [0.15, 0.2) is 0 Å². The van der Waals surface area contributed by atoms with Crippen molar-refractivity contribution in [1.82, 2.24) is 9.71 Å². The highest BCUT2D eigenvalue weighted by atomic mass is 32.2. The normalized spacial score (nSPS) is 19.8. The van der Waals surface area contributed by atoms with Crippen molar-refractivity contribution < 1.29 is 13.2 Å². The lowest BCUT2D eigenvalue weighted by Gasteiger charge is -2.22. The molecule has 112 valence electrons. The van der Waals surface area contributed by atoms with Gasteiger partial charge in [0, 0.05) is 19.3 Å². The minimum absolute atomic E-state index is 0.126. The lowest BCUT2D eigenvalue weighted by Crippen LogP contribution is -2.29. The van der Waals surface area contributed by atoms with Crippen molar-refractivity contribution in [2.24, 2.45) is 5.84 Å². The van der Waals surface area contributed by atoms with Gasteiger partial charge < -0.3 is 10.2 Å². The van der Waals surface area contributed by atoms with Crippen molar-refractivity contribution in [3.63, 3.8) is 0 Å². The second-order valence-electron chi connectivity index (χ2n) is 4.70. The predicted octanol–water partition coefficient (Wildman–Crippen LogP) is 0.605. The van der Waals surface area contributed by atoms with E-state index >= 15 is 0 Å². The number of nitrogens with one attached hydrogen (secondary N) is 2. The minimum Gasteiger partial charge on any atom is -0.378 e. The van der Waals surface area contributed by atoms with Gasteiger partial charge in [0.1, 0.15) is 10.7 Å². The molecule has 7 nitrogen and oxygen atoms in total. The third-order valence-electron chi connectivity index (χ3n) is 3.23. The fourth-order valence-electron chi connectivity index (χ4n) is 2.10. The fraction of sp³-hybridized carbons (Fsp3) is 0.583. The maximum Gasteiger partial charge on any atom is 0.242 e. The van der Waals surface area contributed by atoms with Gasteiger partial charge in [-0.15, -0.1) is 0 Å². The largest absolute Gasteiger partial charge is 0.378 e. The summed E-state index contributed by atoms with van der Waals surface area (Å²) in [4.78, 5) is 4.01. The Morgan fingerprint density at radius 1 is 1.40 bits per heavy atom. The summed E-state index contributed by atoms with van der Waals surface area (Å²) in [6.07, 6.45) is 5.36. The number of pyridine rings is 1. The number of rotatable bonds is 6. The molecule has 1 unspecified atom stereocenters. The zero-order chi connectivity index (χ0) is 14.4. The van der Waals surface area contributed by atoms with Gasteiger partial charge in [-0.1, -0.05) is 0 Å². The maximum absolute atomic E-state index is 12.0. The Bertz CT molecular complexity index is 512. The number of anilines is 1. The van der Waals surface area contributed by atoms with Crippen LogP contribution in [0, 0.1) is 0 Å². The first-order valence-corrected chi connectivity index (χ1v) is 8.14. The van der Waals surface area contributed by atoms with E-state index < -0.39 is 10.0 Å². The highest BCUT2D eigenvalue weighted by Crippen LogP contribution is 2.15. The molecule has 1 fully saturated rings. The third kappa shape index (κ3) is 4.14. The molecule has 0 spiro atoms. The minimum atomic E-state index is -3.52. The highest BCUT2D eigenvalue weighted by Gasteiger charge is 2.17. The molecule has 1 saturated heterocycles. The molecule has 8 heteroatoms. The summed E-state index contributed by atoms with van der Waals surface area (Å²) in [5, 5.41) is 0. The number of ether oxygens (including phenoxy) is 1. The van der Waals surface area contributed by atoms with Crippen LogP contribution in [0.25, 0.3) is 0 Å². The third-order valence-corrected chi connectivity index (χ3v) is 4.67. The van der Waals surface area contributed by atoms with Crippen molar-refractivity contribution >= 4 is 15.8 Å². The van der Waals surface area contributed by atoms with E-state index in [0.717, 1.165) is 25.9 Å². The summed E-state index contributed by atoms with van der Waals surface area (Å²) in [6.45, 7) is 1.14. The van der Waals surface area contributed by atoms with Gasteiger partial charge in [-0.25, -0.2) is 24.0 Å². The van der Waals surface area contributed by atoms with Crippen LogP contribution in [0.15, 0.2) is 23.2 Å². The quantitative estimate of drug-likeness (QED) is 0.525. The molecule has 20 heavy (non-hydrogen) atoms. The maximum atomic E-state index is 12.0. The molecule has 2 rings (SSSR count). The summed E-state index contributed by atoms with van der Waals surface area (Å²) < 4.78 is 32.2. The Morgan fingerprint density at radius 3 is 2.85 bits per heavy atom. The van der Waals surface area contributed by atoms with Gasteiger partial charge in [0.25, 0.3) is 0 Å². The van der Waals surface area contributed by atoms with Crippen molar-refractivity contribution in [2.45, 2.75) is 36.7 Å². The summed E-state index contributed by atoms with van der Waals surface area (Å²) in [6, 6.07) is 2.97. The fourth-order valence-corrected chi connectivity index (χ4v) is 3.09. The molecular weight excluding hydrogens is 280 g/mol. The summed E-state index contributed by atoms with van der Waals surface area (Å²) in [5.74, 6) is 5.60. The molecule has 1 aromatic rings. The first-order chi connectivity index (χ1) is 9.62. The Hall–Kier alpha value is -1.22. The van der Waals surface area contributed by atoms with Crippen LogP contribution in [-0.4, -0.2) is 32.7 Å². The SMILES string of the molecule is NNc1ccc(S(=O)(=O)NCCC2CCCCO2)cn1. The van der Waals surface area contributed by atoms with Gasteiger partial charge in [-0.3, -0.25) is 0 Å². The van der Waals surface area contributed by atoms with Crippen LogP contribution in [0.1, 0.15) is 25.7 Å². The topological polar surface area (TPSA) is 106 Å². The van der Waals surface area contributed by atoms with Crippen LogP contribution in [0.2, 0.25) is 0 Å². The average molecular weight is 300 g/mol. The molecule has 2 heterocycles. The number of hydrazine groups is 1. The van der Waals surface area contributed by atoms with Crippen LogP contribution in [-0.2, 0) is 14.8 Å². The molecule has 1 atom stereocenters. The number of nitrogens with zero attached hydrogens (tertiary/aromatic N) is 1. The van der Waals surface area contributed by atoms with E-state index in [2.05, 4.69) is 15.1 Å². The van der Waals surface area contributed by atoms with E-state index in [1.54, 1.807) is 0 Å². The van der Waals surface area contributed by atoms with Crippen molar-refractivity contribution in [3.8, 4) is 0 Å². The van der Waals surface area contributed by atoms with E-state index in [1.165, 1.54) is 18.3 Å². The van der Waals surface area contributed by atoms with E-state index in [9.17, 15) is 8.42 Å². The molecule has 1 aliphatic heterocycles. The monoisotopic (exact) mass is 300 g/mol. The van der Waals surface area contributed by atoms with E-state index in [4.69, 9.17) is 10.6 Å². The van der Waals surface area contributed by atoms with Crippen LogP contribution in [0.5, 0.6) is 0 Å². The van der Waals surface area contributed by atoms with Crippen LogP contribution in [0.4, 0.5) is 5.82 Å². The Labute approximate surface area is 118 Å². The van der Waals surface area contributed by atoms with Crippen molar-refractivity contribution in [2.75, 3.05) is 18.6 Å². The molecule has 0 aliphatic carbocycles. The molecule has 0 amide bonds. The van der Waals surface area contributed by atoms with Gasteiger partial charge >= 0.3 is 0 Å². The highest BCUT2D eigenvalue weighted by molar-refractivity contribution is 7.89. The number of hydrogen-bond donors (Lipinski definition) is 3. The van der Waals surface area contributed by atoms with Crippen molar-refractivity contribution in [1.29, 1.82) is 0 Å². The number of nitrogen functional groups attached to an aromatic ring is 1. The van der Waals surface area contributed by atoms with Gasteiger partial charge in [-0.05, 0) is 37.8 Å². The second-order valence-corrected chi connectivity index (χ2v) is 6.47. The predicted molar refractivity (Wildman–Crippen MR) is 75.4 cm³/mol. The number of aromatic nitrogens is 1. The van der Waals surface area contributed by atoms with Crippen LogP contribution in [0.3, 0.4) is 0 Å². The van der Waals surface area contributed by atoms with Crippen molar-refractivity contribution in [3.05, 3.63) is 18.3 Å². The molecule has 1 aromatic heterocycles. The van der Waals surface area contributed by atoms with Crippen LogP contribution >= 0.6 is 0 Å². The Kier molecular flexibility index (Phi) is 5.30. The average Bonchev–Trinajstić information content (AvgIpc) is 2.48. The van der Waals surface area contributed by atoms with E-state index in [1.807, 2.05) is 0 Å². The van der Waals surface area contributed by atoms with E-state index in [-0.39, 0.29) is 11.0 Å². The summed E-state index contributed by atoms with van der Waals surface area (Å²) in [5.41, 5.74) is 2.35. The molecule has 0 saturated carbocycles. The molecule has 0 radical (unpaired) electrons. The second kappa shape index (κ2) is 6.98. The molecule has 0 bridgehead atoms. The smallest absolute Gasteiger partial charge is 0.242 e. The Morgan fingerprint density at radius 2 is 2.25 bits per heavy atom. The molecule has 1 aliphatic rings.